The molecule has 0 bridgehead atoms. The monoisotopic (exact) mass is 290 g/mol. The van der Waals surface area contributed by atoms with Gasteiger partial charge in [-0.25, -0.2) is 4.98 Å². The van der Waals surface area contributed by atoms with Crippen LogP contribution in [0, 0.1) is 10.5 Å². The van der Waals surface area contributed by atoms with Crippen LogP contribution in [0.3, 0.4) is 0 Å². The predicted molar refractivity (Wildman–Crippen MR) is 61.5 cm³/mol. The van der Waals surface area contributed by atoms with Crippen LogP contribution >= 0.6 is 33.9 Å². The molecule has 2 aromatic rings. The highest BCUT2D eigenvalue weighted by molar-refractivity contribution is 14.1. The molecule has 12 heavy (non-hydrogen) atoms. The fraction of sp³-hybridized carbons (Fsp3) is 0.125. The van der Waals surface area contributed by atoms with Gasteiger partial charge in [-0.3, -0.25) is 0 Å². The van der Waals surface area contributed by atoms with E-state index >= 15 is 0 Å². The minimum Gasteiger partial charge on any atom is -0.398 e. The van der Waals surface area contributed by atoms with Gasteiger partial charge in [0.25, 0.3) is 0 Å². The van der Waals surface area contributed by atoms with Crippen molar-refractivity contribution in [1.29, 1.82) is 0 Å². The molecule has 2 N–H and O–H groups in total. The van der Waals surface area contributed by atoms with Crippen molar-refractivity contribution in [2.24, 2.45) is 0 Å². The Morgan fingerprint density at radius 2 is 2.25 bits per heavy atom. The predicted octanol–water partition coefficient (Wildman–Crippen LogP) is 2.79. The van der Waals surface area contributed by atoms with Crippen LogP contribution < -0.4 is 5.73 Å². The molecule has 0 atom stereocenters. The first-order valence-corrected chi connectivity index (χ1v) is 5.39. The van der Waals surface area contributed by atoms with Gasteiger partial charge < -0.3 is 5.73 Å². The molecule has 0 spiro atoms. The van der Waals surface area contributed by atoms with Crippen LogP contribution in [-0.4, -0.2) is 4.98 Å². The van der Waals surface area contributed by atoms with Crippen LogP contribution in [0.15, 0.2) is 12.1 Å². The molecular weight excluding hydrogens is 283 g/mol. The number of anilines is 1. The molecule has 2 nitrogen and oxygen atoms in total. The topological polar surface area (TPSA) is 38.9 Å². The second-order valence-electron chi connectivity index (χ2n) is 2.55. The van der Waals surface area contributed by atoms with E-state index in [1.54, 1.807) is 11.3 Å². The van der Waals surface area contributed by atoms with Crippen molar-refractivity contribution < 1.29 is 0 Å². The lowest BCUT2D eigenvalue weighted by Crippen LogP contribution is -1.88. The Balaban J connectivity index is 2.89. The van der Waals surface area contributed by atoms with Crippen molar-refractivity contribution >= 4 is 49.8 Å². The van der Waals surface area contributed by atoms with Gasteiger partial charge >= 0.3 is 0 Å². The van der Waals surface area contributed by atoms with E-state index < -0.39 is 0 Å². The molecule has 0 fully saturated rings. The Morgan fingerprint density at radius 3 is 3.00 bits per heavy atom. The lowest BCUT2D eigenvalue weighted by Gasteiger charge is -1.96. The van der Waals surface area contributed by atoms with Gasteiger partial charge in [-0.15, -0.1) is 11.3 Å². The van der Waals surface area contributed by atoms with E-state index in [2.05, 4.69) is 27.6 Å². The van der Waals surface area contributed by atoms with Gasteiger partial charge in [0.15, 0.2) is 0 Å². The third kappa shape index (κ3) is 1.19. The summed E-state index contributed by atoms with van der Waals surface area (Å²) in [5, 5.41) is 1.09. The van der Waals surface area contributed by atoms with Crippen LogP contribution in [0.25, 0.3) is 10.2 Å². The number of nitrogen functional groups attached to an aromatic ring is 1. The number of benzene rings is 1. The minimum absolute atomic E-state index is 0.813. The summed E-state index contributed by atoms with van der Waals surface area (Å²) in [4.78, 5) is 4.40. The van der Waals surface area contributed by atoms with Crippen molar-refractivity contribution in [3.8, 4) is 0 Å². The van der Waals surface area contributed by atoms with E-state index in [0.717, 1.165) is 19.8 Å². The van der Waals surface area contributed by atoms with E-state index in [9.17, 15) is 0 Å². The number of hydrogen-bond donors (Lipinski definition) is 1. The quantitative estimate of drug-likeness (QED) is 0.598. The zero-order valence-electron chi connectivity index (χ0n) is 6.47. The molecule has 1 heterocycles. The van der Waals surface area contributed by atoms with Crippen LogP contribution in [-0.2, 0) is 0 Å². The van der Waals surface area contributed by atoms with Gasteiger partial charge in [-0.2, -0.15) is 0 Å². The molecule has 4 heteroatoms. The fourth-order valence-electron chi connectivity index (χ4n) is 1.09. The normalized spacial score (nSPS) is 10.8. The number of thiazole rings is 1. The number of rotatable bonds is 0. The van der Waals surface area contributed by atoms with Crippen molar-refractivity contribution in [2.75, 3.05) is 5.73 Å². The first kappa shape index (κ1) is 8.25. The van der Waals surface area contributed by atoms with E-state index in [0.29, 0.717) is 0 Å². The molecule has 62 valence electrons. The molecule has 0 aliphatic heterocycles. The molecule has 0 radical (unpaired) electrons. The van der Waals surface area contributed by atoms with Crippen molar-refractivity contribution in [2.45, 2.75) is 6.92 Å². The average molecular weight is 290 g/mol. The summed E-state index contributed by atoms with van der Waals surface area (Å²) in [6.07, 6.45) is 0. The zero-order chi connectivity index (χ0) is 8.72. The second-order valence-corrected chi connectivity index (χ2v) is 4.86. The number of fused-ring (bicyclic) bond motifs is 1. The lowest BCUT2D eigenvalue weighted by atomic mass is 10.3. The molecule has 0 amide bonds. The largest absolute Gasteiger partial charge is 0.398 e. The van der Waals surface area contributed by atoms with Gasteiger partial charge in [0.1, 0.15) is 0 Å². The minimum atomic E-state index is 0.813. The number of aryl methyl sites for hydroxylation is 1. The average Bonchev–Trinajstić information content (AvgIpc) is 2.39. The van der Waals surface area contributed by atoms with Gasteiger partial charge in [0.2, 0.25) is 0 Å². The molecule has 0 aliphatic rings. The molecule has 0 saturated heterocycles. The van der Waals surface area contributed by atoms with E-state index in [4.69, 9.17) is 5.73 Å². The lowest BCUT2D eigenvalue weighted by molar-refractivity contribution is 1.34. The summed E-state index contributed by atoms with van der Waals surface area (Å²) >= 11 is 3.94. The van der Waals surface area contributed by atoms with Crippen molar-refractivity contribution in [3.05, 3.63) is 20.7 Å². The van der Waals surface area contributed by atoms with E-state index in [1.165, 1.54) is 4.70 Å². The molecule has 0 saturated carbocycles. The third-order valence-corrected chi connectivity index (χ3v) is 3.71. The summed E-state index contributed by atoms with van der Waals surface area (Å²) in [7, 11) is 0. The highest BCUT2D eigenvalue weighted by atomic mass is 127. The zero-order valence-corrected chi connectivity index (χ0v) is 9.44. The van der Waals surface area contributed by atoms with Crippen molar-refractivity contribution in [1.82, 2.24) is 4.98 Å². The Kier molecular flexibility index (Phi) is 1.96. The molecule has 1 aromatic carbocycles. The van der Waals surface area contributed by atoms with Crippen LogP contribution in [0.2, 0.25) is 0 Å². The SMILES string of the molecule is Cc1nc2c(I)c(N)ccc2s1. The van der Waals surface area contributed by atoms with Gasteiger partial charge in [0.05, 0.1) is 18.8 Å². The second kappa shape index (κ2) is 2.85. The van der Waals surface area contributed by atoms with Crippen LogP contribution in [0.5, 0.6) is 0 Å². The highest BCUT2D eigenvalue weighted by Crippen LogP contribution is 2.29. The summed E-state index contributed by atoms with van der Waals surface area (Å²) < 4.78 is 2.28. The van der Waals surface area contributed by atoms with Crippen LogP contribution in [0.1, 0.15) is 5.01 Å². The number of nitrogens with zero attached hydrogens (tertiary/aromatic N) is 1. The maximum absolute atomic E-state index is 5.75. The first-order chi connectivity index (χ1) is 5.68. The smallest absolute Gasteiger partial charge is 0.0969 e. The van der Waals surface area contributed by atoms with Crippen molar-refractivity contribution in [3.63, 3.8) is 0 Å². The maximum atomic E-state index is 5.75. The third-order valence-electron chi connectivity index (χ3n) is 1.64. The number of hydrogen-bond acceptors (Lipinski definition) is 3. The summed E-state index contributed by atoms with van der Waals surface area (Å²) in [6.45, 7) is 2.01. The van der Waals surface area contributed by atoms with E-state index in [1.807, 2.05) is 19.1 Å². The number of halogens is 1. The molecular formula is C8H7IN2S. The van der Waals surface area contributed by atoms with Gasteiger partial charge in [-0.1, -0.05) is 0 Å². The van der Waals surface area contributed by atoms with Gasteiger partial charge in [-0.05, 0) is 41.6 Å². The summed E-state index contributed by atoms with van der Waals surface area (Å²) in [6, 6.07) is 3.96. The Labute approximate surface area is 87.9 Å². The van der Waals surface area contributed by atoms with E-state index in [-0.39, 0.29) is 0 Å². The maximum Gasteiger partial charge on any atom is 0.0969 e. The molecule has 1 aromatic heterocycles. The first-order valence-electron chi connectivity index (χ1n) is 3.49. The fourth-order valence-corrected chi connectivity index (χ4v) is 2.70. The molecule has 0 unspecified atom stereocenters. The van der Waals surface area contributed by atoms with Crippen LogP contribution in [0.4, 0.5) is 5.69 Å². The molecule has 0 aliphatic carbocycles. The Morgan fingerprint density at radius 1 is 1.50 bits per heavy atom. The summed E-state index contributed by atoms with van der Waals surface area (Å²) in [5.74, 6) is 0. The standard InChI is InChI=1S/C8H7IN2S/c1-4-11-8-6(12-4)3-2-5(10)7(8)9/h2-3H,10H2,1H3. The summed E-state index contributed by atoms with van der Waals surface area (Å²) in [5.41, 5.74) is 7.61. The van der Waals surface area contributed by atoms with Gasteiger partial charge in [0, 0.05) is 5.69 Å². The highest BCUT2D eigenvalue weighted by Gasteiger charge is 2.05. The number of aromatic nitrogens is 1. The number of nitrogens with two attached hydrogens (primary N) is 1. The Bertz CT molecular complexity index is 436. The molecule has 2 rings (SSSR count). The Hall–Kier alpha value is -0.360.